The molecule has 2 heterocycles. The van der Waals surface area contributed by atoms with Gasteiger partial charge in [0.05, 0.1) is 30.1 Å². The summed E-state index contributed by atoms with van der Waals surface area (Å²) in [7, 11) is 0. The molecule has 1 fully saturated rings. The van der Waals surface area contributed by atoms with Crippen LogP contribution in [-0.4, -0.2) is 35.1 Å². The number of nitrogens with one attached hydrogen (secondary N) is 2. The van der Waals surface area contributed by atoms with E-state index >= 15 is 0 Å². The van der Waals surface area contributed by atoms with Crippen molar-refractivity contribution < 1.29 is 9.53 Å². The Labute approximate surface area is 125 Å². The van der Waals surface area contributed by atoms with Crippen molar-refractivity contribution in [2.45, 2.75) is 38.8 Å². The van der Waals surface area contributed by atoms with Crippen molar-refractivity contribution in [2.24, 2.45) is 5.92 Å². The van der Waals surface area contributed by atoms with Gasteiger partial charge in [-0.05, 0) is 27.2 Å². The Bertz CT molecular complexity index is 533. The number of nitrogens with zero attached hydrogens (tertiary/aromatic N) is 2. The van der Waals surface area contributed by atoms with Crippen molar-refractivity contribution >= 4 is 11.7 Å². The van der Waals surface area contributed by atoms with Crippen LogP contribution in [0.5, 0.6) is 0 Å². The van der Waals surface area contributed by atoms with Crippen molar-refractivity contribution in [3.05, 3.63) is 12.4 Å². The monoisotopic (exact) mass is 290 g/mol. The number of hydrogen-bond acceptors (Lipinski definition) is 3. The molecule has 1 aliphatic rings. The van der Waals surface area contributed by atoms with Crippen LogP contribution in [0.4, 0.5) is 10.5 Å². The van der Waals surface area contributed by atoms with Gasteiger partial charge in [-0.3, -0.25) is 4.68 Å². The lowest BCUT2D eigenvalue weighted by atomic mass is 10.00. The molecule has 0 unspecified atom stereocenters. The number of amides is 2. The van der Waals surface area contributed by atoms with E-state index in [1.165, 1.54) is 0 Å². The maximum absolute atomic E-state index is 12.0. The van der Waals surface area contributed by atoms with E-state index in [0.717, 1.165) is 6.42 Å². The molecule has 1 saturated heterocycles. The van der Waals surface area contributed by atoms with E-state index in [4.69, 9.17) is 11.2 Å². The molecule has 2 N–H and O–H groups in total. The summed E-state index contributed by atoms with van der Waals surface area (Å²) in [5.74, 6) is 2.80. The highest BCUT2D eigenvalue weighted by Crippen LogP contribution is 2.17. The van der Waals surface area contributed by atoms with Crippen LogP contribution in [0.2, 0.25) is 0 Å². The largest absolute Gasteiger partial charge is 0.381 e. The SMILES string of the molecule is C#C[C@@H](NC(=O)Nc1cnn(C(C)(C)C)c1)[C@@H]1CCOC1. The van der Waals surface area contributed by atoms with Gasteiger partial charge >= 0.3 is 6.03 Å². The molecule has 0 aromatic carbocycles. The fourth-order valence-electron chi connectivity index (χ4n) is 2.17. The van der Waals surface area contributed by atoms with Gasteiger partial charge in [0.25, 0.3) is 0 Å². The van der Waals surface area contributed by atoms with Gasteiger partial charge in [-0.2, -0.15) is 5.10 Å². The lowest BCUT2D eigenvalue weighted by Crippen LogP contribution is -2.41. The van der Waals surface area contributed by atoms with Crippen LogP contribution < -0.4 is 10.6 Å². The molecule has 114 valence electrons. The normalized spacial score (nSPS) is 19.8. The number of hydrogen-bond donors (Lipinski definition) is 2. The third-order valence-electron chi connectivity index (χ3n) is 3.43. The van der Waals surface area contributed by atoms with E-state index in [1.54, 1.807) is 17.1 Å². The summed E-state index contributed by atoms with van der Waals surface area (Å²) >= 11 is 0. The first-order valence-corrected chi connectivity index (χ1v) is 7.06. The number of rotatable bonds is 3. The van der Waals surface area contributed by atoms with E-state index in [9.17, 15) is 4.79 Å². The van der Waals surface area contributed by atoms with Crippen LogP contribution >= 0.6 is 0 Å². The molecule has 0 bridgehead atoms. The second kappa shape index (κ2) is 6.19. The van der Waals surface area contributed by atoms with Crippen molar-refractivity contribution in [1.82, 2.24) is 15.1 Å². The molecule has 2 amide bonds. The van der Waals surface area contributed by atoms with Gasteiger partial charge < -0.3 is 15.4 Å². The highest BCUT2D eigenvalue weighted by Gasteiger charge is 2.25. The predicted molar refractivity (Wildman–Crippen MR) is 80.9 cm³/mol. The van der Waals surface area contributed by atoms with Gasteiger partial charge in [0, 0.05) is 18.7 Å². The summed E-state index contributed by atoms with van der Waals surface area (Å²) < 4.78 is 7.10. The van der Waals surface area contributed by atoms with Crippen molar-refractivity contribution in [2.75, 3.05) is 18.5 Å². The zero-order valence-electron chi connectivity index (χ0n) is 12.7. The number of carbonyl (C=O) groups is 1. The Balaban J connectivity index is 1.92. The Morgan fingerprint density at radius 2 is 2.38 bits per heavy atom. The molecule has 0 radical (unpaired) electrons. The van der Waals surface area contributed by atoms with E-state index in [0.29, 0.717) is 18.9 Å². The molecule has 0 saturated carbocycles. The molecule has 6 nitrogen and oxygen atoms in total. The van der Waals surface area contributed by atoms with Gasteiger partial charge in [0.15, 0.2) is 0 Å². The number of aromatic nitrogens is 2. The number of anilines is 1. The Hall–Kier alpha value is -2.00. The molecular weight excluding hydrogens is 268 g/mol. The first-order valence-electron chi connectivity index (χ1n) is 7.06. The van der Waals surface area contributed by atoms with Gasteiger partial charge in [0.1, 0.15) is 0 Å². The van der Waals surface area contributed by atoms with Crippen LogP contribution in [0, 0.1) is 18.3 Å². The molecule has 1 aromatic rings. The number of terminal acetylenes is 1. The molecule has 6 heteroatoms. The standard InChI is InChI=1S/C15H22N4O2/c1-5-13(11-6-7-21-10-11)18-14(20)17-12-8-16-19(9-12)15(2,3)4/h1,8-9,11,13H,6-7,10H2,2-4H3,(H2,17,18,20)/t11-,13-/m1/s1. The van der Waals surface area contributed by atoms with E-state index in [2.05, 4.69) is 21.7 Å². The van der Waals surface area contributed by atoms with Crippen LogP contribution in [-0.2, 0) is 10.3 Å². The van der Waals surface area contributed by atoms with Gasteiger partial charge in [-0.1, -0.05) is 5.92 Å². The molecule has 2 atom stereocenters. The second-order valence-corrected chi connectivity index (χ2v) is 6.21. The Kier molecular flexibility index (Phi) is 4.53. The average Bonchev–Trinajstić information content (AvgIpc) is 3.05. The van der Waals surface area contributed by atoms with E-state index in [-0.39, 0.29) is 23.5 Å². The van der Waals surface area contributed by atoms with Gasteiger partial charge in [-0.25, -0.2) is 4.79 Å². The molecule has 2 rings (SSSR count). The zero-order valence-corrected chi connectivity index (χ0v) is 12.7. The summed E-state index contributed by atoms with van der Waals surface area (Å²) in [5.41, 5.74) is 0.514. The Morgan fingerprint density at radius 1 is 1.62 bits per heavy atom. The molecular formula is C15H22N4O2. The molecule has 0 spiro atoms. The van der Waals surface area contributed by atoms with Gasteiger partial charge in [0.2, 0.25) is 0 Å². The third-order valence-corrected chi connectivity index (χ3v) is 3.43. The van der Waals surface area contributed by atoms with Crippen LogP contribution in [0.25, 0.3) is 0 Å². The third kappa shape index (κ3) is 3.99. The first-order chi connectivity index (χ1) is 9.90. The van der Waals surface area contributed by atoms with Crippen molar-refractivity contribution in [3.8, 4) is 12.3 Å². The topological polar surface area (TPSA) is 68.2 Å². The summed E-state index contributed by atoms with van der Waals surface area (Å²) in [4.78, 5) is 12.0. The highest BCUT2D eigenvalue weighted by atomic mass is 16.5. The molecule has 0 aliphatic carbocycles. The maximum atomic E-state index is 12.0. The quantitative estimate of drug-likeness (QED) is 0.834. The van der Waals surface area contributed by atoms with E-state index < -0.39 is 0 Å². The molecule has 21 heavy (non-hydrogen) atoms. The molecule has 1 aromatic heterocycles. The van der Waals surface area contributed by atoms with E-state index in [1.807, 2.05) is 20.8 Å². The number of ether oxygens (including phenoxy) is 1. The smallest absolute Gasteiger partial charge is 0.320 e. The lowest BCUT2D eigenvalue weighted by Gasteiger charge is -2.19. The highest BCUT2D eigenvalue weighted by molar-refractivity contribution is 5.89. The summed E-state index contributed by atoms with van der Waals surface area (Å²) in [6.45, 7) is 7.41. The van der Waals surface area contributed by atoms with Gasteiger partial charge in [-0.15, -0.1) is 6.42 Å². The minimum Gasteiger partial charge on any atom is -0.381 e. The average molecular weight is 290 g/mol. The maximum Gasteiger partial charge on any atom is 0.320 e. The minimum atomic E-state index is -0.321. The van der Waals surface area contributed by atoms with Crippen LogP contribution in [0.3, 0.4) is 0 Å². The fourth-order valence-corrected chi connectivity index (χ4v) is 2.17. The predicted octanol–water partition coefficient (Wildman–Crippen LogP) is 1.80. The summed E-state index contributed by atoms with van der Waals surface area (Å²) in [6.07, 6.45) is 9.78. The van der Waals surface area contributed by atoms with Crippen LogP contribution in [0.1, 0.15) is 27.2 Å². The second-order valence-electron chi connectivity index (χ2n) is 6.21. The van der Waals surface area contributed by atoms with Crippen LogP contribution in [0.15, 0.2) is 12.4 Å². The minimum absolute atomic E-state index is 0.126. The zero-order chi connectivity index (χ0) is 15.5. The fraction of sp³-hybridized carbons (Fsp3) is 0.600. The summed E-state index contributed by atoms with van der Waals surface area (Å²) in [6, 6.07) is -0.636. The van der Waals surface area contributed by atoms with Crippen molar-refractivity contribution in [1.29, 1.82) is 0 Å². The Morgan fingerprint density at radius 3 is 2.90 bits per heavy atom. The number of carbonyl (C=O) groups excluding carboxylic acids is 1. The van der Waals surface area contributed by atoms with Crippen molar-refractivity contribution in [3.63, 3.8) is 0 Å². The number of urea groups is 1. The lowest BCUT2D eigenvalue weighted by molar-refractivity contribution is 0.181. The first kappa shape index (κ1) is 15.4. The molecule has 1 aliphatic heterocycles. The summed E-state index contributed by atoms with van der Waals surface area (Å²) in [5, 5.41) is 9.79.